The highest BCUT2D eigenvalue weighted by atomic mass is 79.9. The van der Waals surface area contributed by atoms with Crippen molar-refractivity contribution in [3.8, 4) is 0 Å². The Morgan fingerprint density at radius 1 is 0.654 bits per heavy atom. The molecular formula is C37H72BrClN6O7. The van der Waals surface area contributed by atoms with Crippen molar-refractivity contribution in [3.05, 3.63) is 38.0 Å². The maximum atomic E-state index is 11.5. The van der Waals surface area contributed by atoms with E-state index < -0.39 is 40.4 Å². The number of carbonyl (C=O) groups excluding carboxylic acids is 4. The summed E-state index contributed by atoms with van der Waals surface area (Å²) in [5.41, 5.74) is 7.99. The molecule has 0 saturated carbocycles. The lowest BCUT2D eigenvalue weighted by Gasteiger charge is -2.24. The van der Waals surface area contributed by atoms with E-state index in [4.69, 9.17) is 31.7 Å². The molecule has 0 spiro atoms. The summed E-state index contributed by atoms with van der Waals surface area (Å²) in [5.74, 6) is 4.75. The maximum absolute atomic E-state index is 11.5. The molecule has 15 heteroatoms. The van der Waals surface area contributed by atoms with Crippen LogP contribution in [0.2, 0.25) is 0 Å². The molecule has 13 nitrogen and oxygen atoms in total. The Kier molecular flexibility index (Phi) is 37.9. The molecule has 52 heavy (non-hydrogen) atoms. The monoisotopic (exact) mass is 826 g/mol. The molecular weight excluding hydrogens is 756 g/mol. The summed E-state index contributed by atoms with van der Waals surface area (Å²) in [7, 11) is 0. The number of nitrogens with two attached hydrogens (primary N) is 1. The van der Waals surface area contributed by atoms with Gasteiger partial charge in [-0.1, -0.05) is 53.4 Å². The second-order valence-corrected chi connectivity index (χ2v) is 15.4. The van der Waals surface area contributed by atoms with Gasteiger partial charge in [-0.2, -0.15) is 0 Å². The molecule has 0 radical (unpaired) electrons. The molecule has 0 atom stereocenters. The summed E-state index contributed by atoms with van der Waals surface area (Å²) in [6.07, 6.45) is 17.1. The summed E-state index contributed by atoms with van der Waals surface area (Å²) < 4.78 is 14.8. The van der Waals surface area contributed by atoms with Gasteiger partial charge in [0.2, 0.25) is 0 Å². The van der Waals surface area contributed by atoms with E-state index in [1.165, 1.54) is 25.7 Å². The largest absolute Gasteiger partial charge is 0.443 e. The lowest BCUT2D eigenvalue weighted by atomic mass is 10.2. The summed E-state index contributed by atoms with van der Waals surface area (Å²) >= 11 is 8.78. The third-order valence-corrected chi connectivity index (χ3v) is 6.25. The second kappa shape index (κ2) is 35.2. The van der Waals surface area contributed by atoms with E-state index >= 15 is 0 Å². The van der Waals surface area contributed by atoms with E-state index in [1.54, 1.807) is 41.5 Å². The van der Waals surface area contributed by atoms with E-state index in [1.807, 2.05) is 44.4 Å². The molecule has 0 aromatic carbocycles. The van der Waals surface area contributed by atoms with E-state index in [0.717, 1.165) is 68.3 Å². The van der Waals surface area contributed by atoms with Crippen LogP contribution in [0.15, 0.2) is 38.0 Å². The number of unbranched alkanes of at least 4 members (excludes halogenated alkanes) is 9. The minimum atomic E-state index is -0.727. The molecule has 0 aromatic rings. The highest BCUT2D eigenvalue weighted by Crippen LogP contribution is 2.09. The van der Waals surface area contributed by atoms with Gasteiger partial charge in [0, 0.05) is 18.4 Å². The van der Waals surface area contributed by atoms with Crippen LogP contribution in [0.1, 0.15) is 139 Å². The Morgan fingerprint density at radius 3 is 1.42 bits per heavy atom. The summed E-state index contributed by atoms with van der Waals surface area (Å²) in [4.78, 5) is 44.2. The van der Waals surface area contributed by atoms with Crippen LogP contribution in [0, 0.1) is 0 Å². The number of carbonyl (C=O) groups is 4. The first-order valence-corrected chi connectivity index (χ1v) is 19.4. The number of nitrogens with zero attached hydrogens (tertiary/aromatic N) is 1. The lowest BCUT2D eigenvalue weighted by Crippen LogP contribution is -2.46. The zero-order chi connectivity index (χ0) is 41.1. The van der Waals surface area contributed by atoms with Crippen LogP contribution in [0.25, 0.3) is 0 Å². The third-order valence-electron chi connectivity index (χ3n) is 5.49. The Balaban J connectivity index is -0.000000314. The van der Waals surface area contributed by atoms with Gasteiger partial charge in [-0.15, -0.1) is 19.7 Å². The molecule has 0 bridgehead atoms. The van der Waals surface area contributed by atoms with Gasteiger partial charge in [-0.25, -0.2) is 36.1 Å². The lowest BCUT2D eigenvalue weighted by molar-refractivity contribution is 0.0390. The van der Waals surface area contributed by atoms with E-state index in [-0.39, 0.29) is 0 Å². The van der Waals surface area contributed by atoms with Crippen LogP contribution in [-0.2, 0) is 14.2 Å². The van der Waals surface area contributed by atoms with E-state index in [9.17, 15) is 19.2 Å². The van der Waals surface area contributed by atoms with E-state index in [2.05, 4.69) is 51.9 Å². The molecule has 6 N–H and O–H groups in total. The molecule has 0 aromatic heterocycles. The smallest absolute Gasteiger partial charge is 0.426 e. The third kappa shape index (κ3) is 54.0. The average molecular weight is 828 g/mol. The number of allylic oxidation sites excluding steroid dienone is 3. The first-order valence-electron chi connectivity index (χ1n) is 17.9. The van der Waals surface area contributed by atoms with Crippen molar-refractivity contribution in [2.24, 2.45) is 5.84 Å². The van der Waals surface area contributed by atoms with Gasteiger partial charge in [0.25, 0.3) is 0 Å². The first-order chi connectivity index (χ1) is 24.1. The van der Waals surface area contributed by atoms with Crippen molar-refractivity contribution < 1.29 is 33.4 Å². The molecule has 0 aliphatic rings. The van der Waals surface area contributed by atoms with Gasteiger partial charge in [0.15, 0.2) is 0 Å². The first kappa shape index (κ1) is 55.9. The van der Waals surface area contributed by atoms with Crippen molar-refractivity contribution in [3.63, 3.8) is 0 Å². The second-order valence-electron chi connectivity index (χ2n) is 14.3. The van der Waals surface area contributed by atoms with Gasteiger partial charge in [0.1, 0.15) is 16.8 Å². The highest BCUT2D eigenvalue weighted by Gasteiger charge is 2.20. The van der Waals surface area contributed by atoms with Gasteiger partial charge in [-0.3, -0.25) is 15.6 Å². The van der Waals surface area contributed by atoms with Crippen LogP contribution in [0.5, 0.6) is 0 Å². The van der Waals surface area contributed by atoms with Gasteiger partial charge >= 0.3 is 23.6 Å². The fourth-order valence-electron chi connectivity index (χ4n) is 3.32. The zero-order valence-electron chi connectivity index (χ0n) is 33.6. The molecule has 0 unspecified atom stereocenters. The highest BCUT2D eigenvalue weighted by molar-refractivity contribution is 9.09. The van der Waals surface area contributed by atoms with Crippen LogP contribution in [0.3, 0.4) is 0 Å². The van der Waals surface area contributed by atoms with Crippen LogP contribution in [-0.4, -0.2) is 63.9 Å². The number of hydrogen-bond donors (Lipinski definition) is 5. The van der Waals surface area contributed by atoms with Crippen molar-refractivity contribution in [1.82, 2.24) is 26.7 Å². The van der Waals surface area contributed by atoms with Crippen LogP contribution >= 0.6 is 27.5 Å². The minimum Gasteiger partial charge on any atom is -0.443 e. The van der Waals surface area contributed by atoms with Crippen molar-refractivity contribution in [1.29, 1.82) is 0 Å². The van der Waals surface area contributed by atoms with Gasteiger partial charge < -0.3 is 14.2 Å². The summed E-state index contributed by atoms with van der Waals surface area (Å²) in [6.45, 7) is 28.1. The molecule has 0 aliphatic carbocycles. The average Bonchev–Trinajstić information content (AvgIpc) is 3.00. The maximum Gasteiger partial charge on any atom is 0.426 e. The number of hydrazine groups is 3. The number of halogens is 2. The molecule has 4 amide bonds. The summed E-state index contributed by atoms with van der Waals surface area (Å²) in [6, 6.07) is 0. The fraction of sp³-hybridized carbons (Fsp3) is 0.730. The van der Waals surface area contributed by atoms with Gasteiger partial charge in [0.05, 0.1) is 0 Å². The Bertz CT molecular complexity index is 968. The number of nitrogens with one attached hydrogen (secondary N) is 4. The predicted molar refractivity (Wildman–Crippen MR) is 218 cm³/mol. The Labute approximate surface area is 328 Å². The predicted octanol–water partition coefficient (Wildman–Crippen LogP) is 10.1. The molecule has 0 heterocycles. The quantitative estimate of drug-likeness (QED) is 0.0104. The number of hydrogen-bond acceptors (Lipinski definition) is 9. The van der Waals surface area contributed by atoms with Crippen LogP contribution < -0.4 is 27.5 Å². The van der Waals surface area contributed by atoms with Crippen LogP contribution in [0.4, 0.5) is 19.2 Å². The molecule has 0 rings (SSSR count). The normalized spacial score (nSPS) is 10.5. The SMILES string of the molecule is C=CCCCCCBr.C=CCCCCCN(NC(=O)OC(C)(C)C)C(=O)Cl.C=CCCCCCNNC(=O)OC(C)(C)C.CC(C)(C)OC(=O)NN. The number of ether oxygens (including phenoxy) is 3. The van der Waals surface area contributed by atoms with Crippen molar-refractivity contribution in [2.75, 3.05) is 18.4 Å². The summed E-state index contributed by atoms with van der Waals surface area (Å²) in [5, 5.41) is 1.47. The zero-order valence-corrected chi connectivity index (χ0v) is 35.9. The Hall–Kier alpha value is -2.81. The van der Waals surface area contributed by atoms with E-state index in [0.29, 0.717) is 6.54 Å². The fourth-order valence-corrected chi connectivity index (χ4v) is 3.84. The Morgan fingerprint density at radius 2 is 1.06 bits per heavy atom. The molecule has 306 valence electrons. The minimum absolute atomic E-state index is 0.360. The molecule has 0 aliphatic heterocycles. The molecule has 0 fully saturated rings. The standard InChI is InChI=1S/C13H23ClN2O3.C12H24N2O2.C7H13Br.C5H12N2O2/c1-5-6-7-8-9-10-16(11(14)17)15-12(18)19-13(2,3)4;1-5-6-7-8-9-10-13-14-11(15)16-12(2,3)4;1-2-3-4-5-6-7-8;1-5(2,3)9-4(8)7-6/h5H,1,6-10H2,2-4H3,(H,15,18);5,13H,1,6-10H2,2-4H3,(H,14,15);2H,1,3-7H2;6H2,1-3H3,(H,7,8). The van der Waals surface area contributed by atoms with Gasteiger partial charge in [-0.05, 0) is 132 Å². The van der Waals surface area contributed by atoms with Crippen molar-refractivity contribution >= 4 is 51.2 Å². The number of amides is 4. The number of alkyl halides is 1. The molecule has 0 saturated heterocycles. The van der Waals surface area contributed by atoms with Crippen molar-refractivity contribution in [2.45, 2.75) is 156 Å². The number of rotatable bonds is 18. The topological polar surface area (TPSA) is 173 Å².